The summed E-state index contributed by atoms with van der Waals surface area (Å²) >= 11 is 0. The second kappa shape index (κ2) is 6.71. The van der Waals surface area contributed by atoms with Crippen LogP contribution in [-0.2, 0) is 11.2 Å². The molecule has 0 radical (unpaired) electrons. The Balaban J connectivity index is 1.65. The number of carbonyl (C=O) groups excluding carboxylic acids is 1. The van der Waals surface area contributed by atoms with Crippen LogP contribution in [0.15, 0.2) is 54.6 Å². The van der Waals surface area contributed by atoms with E-state index in [0.29, 0.717) is 25.3 Å². The van der Waals surface area contributed by atoms with Crippen LogP contribution in [0.25, 0.3) is 0 Å². The number of hydrogen-bond donors (Lipinski definition) is 0. The average molecular weight is 299 g/mol. The van der Waals surface area contributed by atoms with Crippen molar-refractivity contribution in [2.45, 2.75) is 12.5 Å². The van der Waals surface area contributed by atoms with E-state index in [9.17, 15) is 9.18 Å². The molecule has 3 nitrogen and oxygen atoms in total. The van der Waals surface area contributed by atoms with Gasteiger partial charge in [0.15, 0.2) is 0 Å². The van der Waals surface area contributed by atoms with Crippen molar-refractivity contribution < 1.29 is 13.9 Å². The second-order valence-corrected chi connectivity index (χ2v) is 5.44. The van der Waals surface area contributed by atoms with E-state index >= 15 is 0 Å². The number of morpholine rings is 1. The third-order valence-electron chi connectivity index (χ3n) is 3.82. The van der Waals surface area contributed by atoms with Crippen LogP contribution in [0.1, 0.15) is 15.9 Å². The van der Waals surface area contributed by atoms with E-state index in [0.717, 1.165) is 6.42 Å². The molecule has 22 heavy (non-hydrogen) atoms. The monoisotopic (exact) mass is 299 g/mol. The summed E-state index contributed by atoms with van der Waals surface area (Å²) in [6, 6.07) is 15.8. The fourth-order valence-corrected chi connectivity index (χ4v) is 2.68. The van der Waals surface area contributed by atoms with Crippen molar-refractivity contribution in [3.63, 3.8) is 0 Å². The molecule has 1 saturated heterocycles. The van der Waals surface area contributed by atoms with Gasteiger partial charge in [0.1, 0.15) is 5.82 Å². The molecule has 1 atom stereocenters. The summed E-state index contributed by atoms with van der Waals surface area (Å²) in [4.78, 5) is 14.2. The molecule has 0 aromatic heterocycles. The van der Waals surface area contributed by atoms with Crippen molar-refractivity contribution >= 4 is 5.91 Å². The van der Waals surface area contributed by atoms with Crippen LogP contribution in [0, 0.1) is 5.82 Å². The summed E-state index contributed by atoms with van der Waals surface area (Å²) < 4.78 is 18.7. The van der Waals surface area contributed by atoms with Gasteiger partial charge >= 0.3 is 0 Å². The molecule has 1 aliphatic rings. The number of nitrogens with zero attached hydrogens (tertiary/aromatic N) is 1. The maximum absolute atomic E-state index is 13.0. The Labute approximate surface area is 129 Å². The molecule has 1 heterocycles. The van der Waals surface area contributed by atoms with Crippen molar-refractivity contribution in [1.82, 2.24) is 4.90 Å². The van der Waals surface area contributed by atoms with Gasteiger partial charge in [0.2, 0.25) is 0 Å². The fourth-order valence-electron chi connectivity index (χ4n) is 2.68. The molecular formula is C18H18FNO2. The van der Waals surface area contributed by atoms with E-state index < -0.39 is 0 Å². The maximum atomic E-state index is 13.0. The minimum Gasteiger partial charge on any atom is -0.374 e. The van der Waals surface area contributed by atoms with E-state index in [-0.39, 0.29) is 17.8 Å². The number of benzene rings is 2. The Bertz CT molecular complexity index is 627. The molecule has 1 fully saturated rings. The summed E-state index contributed by atoms with van der Waals surface area (Å²) in [5.41, 5.74) is 1.71. The van der Waals surface area contributed by atoms with Crippen molar-refractivity contribution in [1.29, 1.82) is 0 Å². The SMILES string of the molecule is O=C(c1ccc(F)cc1)N1CCOC(Cc2ccccc2)C1. The Morgan fingerprint density at radius 3 is 2.59 bits per heavy atom. The minimum atomic E-state index is -0.333. The van der Waals surface area contributed by atoms with Crippen LogP contribution in [0.5, 0.6) is 0 Å². The zero-order chi connectivity index (χ0) is 15.4. The first-order valence-electron chi connectivity index (χ1n) is 7.43. The molecule has 4 heteroatoms. The van der Waals surface area contributed by atoms with E-state index in [1.54, 1.807) is 4.90 Å². The topological polar surface area (TPSA) is 29.5 Å². The molecule has 0 aliphatic carbocycles. The van der Waals surface area contributed by atoms with E-state index in [1.807, 2.05) is 18.2 Å². The van der Waals surface area contributed by atoms with Crippen molar-refractivity contribution in [2.24, 2.45) is 0 Å². The highest BCUT2D eigenvalue weighted by Crippen LogP contribution is 2.15. The molecule has 0 N–H and O–H groups in total. The second-order valence-electron chi connectivity index (χ2n) is 5.44. The van der Waals surface area contributed by atoms with Gasteiger partial charge < -0.3 is 9.64 Å². The van der Waals surface area contributed by atoms with Gasteiger partial charge in [-0.1, -0.05) is 30.3 Å². The zero-order valence-electron chi connectivity index (χ0n) is 12.2. The standard InChI is InChI=1S/C18H18FNO2/c19-16-8-6-15(7-9-16)18(21)20-10-11-22-17(13-20)12-14-4-2-1-3-5-14/h1-9,17H,10-13H2. The van der Waals surface area contributed by atoms with Gasteiger partial charge in [-0.05, 0) is 29.8 Å². The van der Waals surface area contributed by atoms with E-state index in [4.69, 9.17) is 4.74 Å². The summed E-state index contributed by atoms with van der Waals surface area (Å²) in [7, 11) is 0. The van der Waals surface area contributed by atoms with Gasteiger partial charge in [0.25, 0.3) is 5.91 Å². The quantitative estimate of drug-likeness (QED) is 0.872. The lowest BCUT2D eigenvalue weighted by molar-refractivity contribution is -0.0208. The molecule has 1 unspecified atom stereocenters. The van der Waals surface area contributed by atoms with Crippen LogP contribution in [-0.4, -0.2) is 36.6 Å². The third kappa shape index (κ3) is 3.52. The lowest BCUT2D eigenvalue weighted by Gasteiger charge is -2.33. The molecule has 3 rings (SSSR count). The fraction of sp³-hybridized carbons (Fsp3) is 0.278. The minimum absolute atomic E-state index is 0.000508. The number of halogens is 1. The lowest BCUT2D eigenvalue weighted by Crippen LogP contribution is -2.46. The van der Waals surface area contributed by atoms with Crippen LogP contribution < -0.4 is 0 Å². The number of carbonyl (C=O) groups is 1. The summed E-state index contributed by atoms with van der Waals surface area (Å²) in [6.07, 6.45) is 0.786. The molecule has 1 amide bonds. The van der Waals surface area contributed by atoms with Crippen LogP contribution in [0.2, 0.25) is 0 Å². The van der Waals surface area contributed by atoms with Crippen LogP contribution in [0.3, 0.4) is 0 Å². The number of amides is 1. The first-order chi connectivity index (χ1) is 10.7. The Kier molecular flexibility index (Phi) is 4.49. The molecule has 1 aliphatic heterocycles. The average Bonchev–Trinajstić information content (AvgIpc) is 2.56. The number of hydrogen-bond acceptors (Lipinski definition) is 2. The third-order valence-corrected chi connectivity index (χ3v) is 3.82. The Hall–Kier alpha value is -2.20. The maximum Gasteiger partial charge on any atom is 0.254 e. The Morgan fingerprint density at radius 2 is 1.86 bits per heavy atom. The Morgan fingerprint density at radius 1 is 1.14 bits per heavy atom. The molecule has 0 saturated carbocycles. The van der Waals surface area contributed by atoms with Gasteiger partial charge in [0.05, 0.1) is 12.7 Å². The van der Waals surface area contributed by atoms with Gasteiger partial charge in [0, 0.05) is 25.1 Å². The summed E-state index contributed by atoms with van der Waals surface area (Å²) in [5.74, 6) is -0.401. The van der Waals surface area contributed by atoms with Gasteiger partial charge in [-0.3, -0.25) is 4.79 Å². The van der Waals surface area contributed by atoms with E-state index in [1.165, 1.54) is 29.8 Å². The molecule has 2 aromatic carbocycles. The molecule has 0 spiro atoms. The van der Waals surface area contributed by atoms with Gasteiger partial charge in [-0.25, -0.2) is 4.39 Å². The first kappa shape index (κ1) is 14.7. The van der Waals surface area contributed by atoms with Gasteiger partial charge in [-0.15, -0.1) is 0 Å². The van der Waals surface area contributed by atoms with Crippen molar-refractivity contribution in [3.8, 4) is 0 Å². The molecular weight excluding hydrogens is 281 g/mol. The normalized spacial score (nSPS) is 18.2. The van der Waals surface area contributed by atoms with E-state index in [2.05, 4.69) is 12.1 Å². The van der Waals surface area contributed by atoms with Crippen LogP contribution >= 0.6 is 0 Å². The molecule has 114 valence electrons. The highest BCUT2D eigenvalue weighted by Gasteiger charge is 2.25. The molecule has 2 aromatic rings. The van der Waals surface area contributed by atoms with Gasteiger partial charge in [-0.2, -0.15) is 0 Å². The highest BCUT2D eigenvalue weighted by molar-refractivity contribution is 5.94. The predicted molar refractivity (Wildman–Crippen MR) is 82.2 cm³/mol. The largest absolute Gasteiger partial charge is 0.374 e. The van der Waals surface area contributed by atoms with Crippen LogP contribution in [0.4, 0.5) is 4.39 Å². The first-order valence-corrected chi connectivity index (χ1v) is 7.43. The lowest BCUT2D eigenvalue weighted by atomic mass is 10.1. The molecule has 0 bridgehead atoms. The summed E-state index contributed by atoms with van der Waals surface area (Å²) in [6.45, 7) is 1.66. The van der Waals surface area contributed by atoms with Crippen molar-refractivity contribution in [2.75, 3.05) is 19.7 Å². The predicted octanol–water partition coefficient (Wildman–Crippen LogP) is 2.91. The number of rotatable bonds is 3. The van der Waals surface area contributed by atoms with Crippen molar-refractivity contribution in [3.05, 3.63) is 71.5 Å². The summed E-state index contributed by atoms with van der Waals surface area (Å²) in [5, 5.41) is 0. The number of ether oxygens (including phenoxy) is 1. The zero-order valence-corrected chi connectivity index (χ0v) is 12.2. The highest BCUT2D eigenvalue weighted by atomic mass is 19.1. The smallest absolute Gasteiger partial charge is 0.254 e.